The van der Waals surface area contributed by atoms with Crippen molar-refractivity contribution in [3.8, 4) is 5.75 Å². The van der Waals surface area contributed by atoms with Crippen LogP contribution < -0.4 is 4.89 Å². The smallest absolute Gasteiger partial charge is 0.381 e. The van der Waals surface area contributed by atoms with Gasteiger partial charge in [0.15, 0.2) is 5.75 Å². The van der Waals surface area contributed by atoms with Gasteiger partial charge in [-0.25, -0.2) is 0 Å². The molecule has 0 spiro atoms. The Balaban J connectivity index is 0.000000239. The average molecular weight is 299 g/mol. The molecule has 0 aliphatic carbocycles. The normalized spacial score (nSPS) is 14.9. The molecule has 96 valence electrons. The Labute approximate surface area is 110 Å². The van der Waals surface area contributed by atoms with Crippen LogP contribution in [0, 0.1) is 0 Å². The summed E-state index contributed by atoms with van der Waals surface area (Å²) < 4.78 is 19.7. The highest BCUT2D eigenvalue weighted by atomic mass is 35.9. The Kier molecular flexibility index (Phi) is 6.93. The number of para-hydroxylation sites is 1. The SMILES string of the molecule is C1CCOC1.O=P(Cl)(Cl)OOc1ccccc1. The third kappa shape index (κ3) is 8.47. The number of hydrogen-bond acceptors (Lipinski definition) is 4. The number of ether oxygens (including phenoxy) is 1. The molecule has 1 aliphatic heterocycles. The van der Waals surface area contributed by atoms with E-state index >= 15 is 0 Å². The first-order chi connectivity index (χ1) is 8.08. The zero-order chi connectivity index (χ0) is 12.6. The van der Waals surface area contributed by atoms with Crippen LogP contribution in [0.4, 0.5) is 0 Å². The second-order valence-electron chi connectivity index (χ2n) is 3.20. The van der Waals surface area contributed by atoms with Crippen molar-refractivity contribution >= 4 is 28.6 Å². The fourth-order valence-corrected chi connectivity index (χ4v) is 1.41. The molecule has 17 heavy (non-hydrogen) atoms. The molecule has 1 fully saturated rings. The van der Waals surface area contributed by atoms with E-state index in [4.69, 9.17) is 27.2 Å². The highest BCUT2D eigenvalue weighted by Crippen LogP contribution is 2.57. The maximum Gasteiger partial charge on any atom is 0.417 e. The Hall–Kier alpha value is -0.250. The molecule has 0 aromatic heterocycles. The molecule has 1 saturated heterocycles. The van der Waals surface area contributed by atoms with Gasteiger partial charge in [0, 0.05) is 13.2 Å². The van der Waals surface area contributed by atoms with Crippen molar-refractivity contribution in [3.05, 3.63) is 30.3 Å². The molecular weight excluding hydrogens is 286 g/mol. The predicted molar refractivity (Wildman–Crippen MR) is 67.5 cm³/mol. The molecule has 0 amide bonds. The summed E-state index contributed by atoms with van der Waals surface area (Å²) in [4.78, 5) is 4.54. The van der Waals surface area contributed by atoms with Crippen molar-refractivity contribution in [2.75, 3.05) is 13.2 Å². The lowest BCUT2D eigenvalue weighted by atomic mass is 10.3. The van der Waals surface area contributed by atoms with Gasteiger partial charge in [0.05, 0.1) is 0 Å². The molecule has 7 heteroatoms. The minimum Gasteiger partial charge on any atom is -0.381 e. The van der Waals surface area contributed by atoms with Crippen LogP contribution >= 0.6 is 28.6 Å². The van der Waals surface area contributed by atoms with Crippen LogP contribution in [-0.4, -0.2) is 13.2 Å². The minimum absolute atomic E-state index is 0.388. The van der Waals surface area contributed by atoms with Gasteiger partial charge in [0.25, 0.3) is 0 Å². The third-order valence-electron chi connectivity index (χ3n) is 1.79. The van der Waals surface area contributed by atoms with Crippen LogP contribution in [0.15, 0.2) is 30.3 Å². The maximum atomic E-state index is 10.6. The largest absolute Gasteiger partial charge is 0.417 e. The quantitative estimate of drug-likeness (QED) is 0.472. The van der Waals surface area contributed by atoms with Crippen LogP contribution in [0.5, 0.6) is 5.75 Å². The van der Waals surface area contributed by atoms with Crippen LogP contribution in [0.3, 0.4) is 0 Å². The first-order valence-corrected chi connectivity index (χ1v) is 8.50. The summed E-state index contributed by atoms with van der Waals surface area (Å²) >= 11 is 10.1. The Morgan fingerprint density at radius 1 is 1.12 bits per heavy atom. The summed E-state index contributed by atoms with van der Waals surface area (Å²) in [7, 11) is 0. The van der Waals surface area contributed by atoms with Gasteiger partial charge >= 0.3 is 6.07 Å². The van der Waals surface area contributed by atoms with E-state index in [2.05, 4.69) is 9.56 Å². The highest BCUT2D eigenvalue weighted by Gasteiger charge is 2.16. The van der Waals surface area contributed by atoms with E-state index in [0.29, 0.717) is 5.75 Å². The van der Waals surface area contributed by atoms with E-state index in [1.54, 1.807) is 30.3 Å². The molecule has 0 unspecified atom stereocenters. The van der Waals surface area contributed by atoms with Crippen LogP contribution in [0.2, 0.25) is 0 Å². The Morgan fingerprint density at radius 3 is 2.12 bits per heavy atom. The monoisotopic (exact) mass is 298 g/mol. The van der Waals surface area contributed by atoms with Gasteiger partial charge in [-0.2, -0.15) is 0 Å². The van der Waals surface area contributed by atoms with Gasteiger partial charge in [-0.15, -0.1) is 0 Å². The van der Waals surface area contributed by atoms with Crippen molar-refractivity contribution in [1.82, 2.24) is 0 Å². The topological polar surface area (TPSA) is 44.8 Å². The molecule has 0 saturated carbocycles. The van der Waals surface area contributed by atoms with Gasteiger partial charge in [-0.3, -0.25) is 4.57 Å². The summed E-state index contributed by atoms with van der Waals surface area (Å²) in [5.74, 6) is 0.388. The first-order valence-electron chi connectivity index (χ1n) is 5.06. The standard InChI is InChI=1S/C6H5Cl2O3P.C4H8O/c7-12(8,9)11-10-6-4-2-1-3-5-6;1-2-4-5-3-1/h1-5H;1-4H2. The summed E-state index contributed by atoms with van der Waals surface area (Å²) in [6, 6.07) is 8.49. The molecule has 1 aromatic rings. The Bertz CT molecular complexity index is 343. The molecular formula is C10H13Cl2O4P. The molecule has 0 radical (unpaired) electrons. The third-order valence-corrected chi connectivity index (χ3v) is 2.38. The summed E-state index contributed by atoms with van der Waals surface area (Å²) in [5, 5.41) is 0. The molecule has 1 aromatic carbocycles. The number of rotatable bonds is 3. The lowest BCUT2D eigenvalue weighted by molar-refractivity contribution is -0.0906. The lowest BCUT2D eigenvalue weighted by Crippen LogP contribution is -1.88. The highest BCUT2D eigenvalue weighted by molar-refractivity contribution is 8.05. The van der Waals surface area contributed by atoms with Gasteiger partial charge in [-0.1, -0.05) is 22.9 Å². The second kappa shape index (κ2) is 7.96. The number of benzene rings is 1. The fraction of sp³-hybridized carbons (Fsp3) is 0.400. The summed E-state index contributed by atoms with van der Waals surface area (Å²) in [6.07, 6.45) is -1.05. The molecule has 2 rings (SSSR count). The fourth-order valence-electron chi connectivity index (χ4n) is 1.07. The van der Waals surface area contributed by atoms with Crippen LogP contribution in [0.1, 0.15) is 12.8 Å². The van der Waals surface area contributed by atoms with E-state index in [9.17, 15) is 4.57 Å². The number of halogens is 2. The van der Waals surface area contributed by atoms with E-state index in [-0.39, 0.29) is 0 Å². The van der Waals surface area contributed by atoms with E-state index in [1.807, 2.05) is 0 Å². The molecule has 0 N–H and O–H groups in total. The van der Waals surface area contributed by atoms with Gasteiger partial charge in [0.2, 0.25) is 0 Å². The van der Waals surface area contributed by atoms with Crippen molar-refractivity contribution in [3.63, 3.8) is 0 Å². The zero-order valence-electron chi connectivity index (χ0n) is 9.05. The van der Waals surface area contributed by atoms with Gasteiger partial charge < -0.3 is 9.62 Å². The minimum atomic E-state index is -3.61. The van der Waals surface area contributed by atoms with Gasteiger partial charge in [0.1, 0.15) is 0 Å². The van der Waals surface area contributed by atoms with Gasteiger partial charge in [-0.05, 0) is 47.5 Å². The molecule has 4 nitrogen and oxygen atoms in total. The number of hydrogen-bond donors (Lipinski definition) is 0. The first kappa shape index (κ1) is 14.8. The predicted octanol–water partition coefficient (Wildman–Crippen LogP) is 4.38. The molecule has 0 bridgehead atoms. The van der Waals surface area contributed by atoms with Crippen molar-refractivity contribution in [2.24, 2.45) is 0 Å². The summed E-state index contributed by atoms with van der Waals surface area (Å²) in [5.41, 5.74) is 0. The Morgan fingerprint density at radius 2 is 1.71 bits per heavy atom. The molecule has 1 aliphatic rings. The van der Waals surface area contributed by atoms with Crippen LogP contribution in [-0.2, 0) is 14.0 Å². The zero-order valence-corrected chi connectivity index (χ0v) is 11.5. The van der Waals surface area contributed by atoms with Crippen molar-refractivity contribution < 1.29 is 18.9 Å². The second-order valence-corrected chi connectivity index (χ2v) is 7.37. The van der Waals surface area contributed by atoms with E-state index in [0.717, 1.165) is 13.2 Å². The summed E-state index contributed by atoms with van der Waals surface area (Å²) in [6.45, 7) is 2.00. The average Bonchev–Trinajstić information content (AvgIpc) is 2.85. The van der Waals surface area contributed by atoms with E-state index in [1.165, 1.54) is 12.8 Å². The maximum absolute atomic E-state index is 10.6. The molecule has 1 heterocycles. The van der Waals surface area contributed by atoms with E-state index < -0.39 is 6.07 Å². The lowest BCUT2D eigenvalue weighted by Gasteiger charge is -2.03. The van der Waals surface area contributed by atoms with Crippen molar-refractivity contribution in [1.29, 1.82) is 0 Å². The molecule has 0 atom stereocenters. The van der Waals surface area contributed by atoms with Crippen molar-refractivity contribution in [2.45, 2.75) is 12.8 Å². The van der Waals surface area contributed by atoms with Crippen LogP contribution in [0.25, 0.3) is 0 Å².